The molecule has 1 aliphatic heterocycles. The number of para-hydroxylation sites is 1. The summed E-state index contributed by atoms with van der Waals surface area (Å²) in [5.41, 5.74) is 7.89. The van der Waals surface area contributed by atoms with Crippen LogP contribution in [0.15, 0.2) is 114 Å². The summed E-state index contributed by atoms with van der Waals surface area (Å²) in [6.07, 6.45) is 5.20. The van der Waals surface area contributed by atoms with Gasteiger partial charge in [-0.25, -0.2) is 0 Å². The van der Waals surface area contributed by atoms with E-state index in [2.05, 4.69) is 59.6 Å². The summed E-state index contributed by atoms with van der Waals surface area (Å²) in [5.74, 6) is 0. The van der Waals surface area contributed by atoms with E-state index in [-0.39, 0.29) is 10.6 Å². The van der Waals surface area contributed by atoms with E-state index in [4.69, 9.17) is 0 Å². The van der Waals surface area contributed by atoms with E-state index in [9.17, 15) is 10.1 Å². The molecule has 4 heteroatoms. The second-order valence-electron chi connectivity index (χ2n) is 8.65. The molecule has 6 rings (SSSR count). The fraction of sp³-hybridized carbons (Fsp3) is 0.100. The van der Waals surface area contributed by atoms with Gasteiger partial charge in [-0.2, -0.15) is 0 Å². The van der Waals surface area contributed by atoms with Crippen molar-refractivity contribution in [3.63, 3.8) is 0 Å². The van der Waals surface area contributed by atoms with Gasteiger partial charge in [0.15, 0.2) is 0 Å². The Labute approximate surface area is 198 Å². The third-order valence-corrected chi connectivity index (χ3v) is 6.95. The first-order valence-electron chi connectivity index (χ1n) is 11.5. The van der Waals surface area contributed by atoms with Crippen LogP contribution in [-0.4, -0.2) is 17.7 Å². The van der Waals surface area contributed by atoms with Crippen LogP contribution in [0.5, 0.6) is 0 Å². The maximum atomic E-state index is 11.9. The van der Waals surface area contributed by atoms with Gasteiger partial charge in [0.05, 0.1) is 15.9 Å². The van der Waals surface area contributed by atoms with Crippen LogP contribution < -0.4 is 0 Å². The molecule has 4 aromatic rings. The number of nitro benzene ring substituents is 1. The van der Waals surface area contributed by atoms with Crippen molar-refractivity contribution in [1.29, 1.82) is 0 Å². The quantitative estimate of drug-likeness (QED) is 0.253. The summed E-state index contributed by atoms with van der Waals surface area (Å²) in [4.78, 5) is 16.3. The van der Waals surface area contributed by atoms with Crippen LogP contribution >= 0.6 is 0 Å². The number of allylic oxidation sites excluding steroid dienone is 1. The van der Waals surface area contributed by atoms with Crippen molar-refractivity contribution in [2.45, 2.75) is 11.8 Å². The summed E-state index contributed by atoms with van der Waals surface area (Å²) < 4.78 is 0. The zero-order valence-electron chi connectivity index (χ0n) is 18.5. The second-order valence-corrected chi connectivity index (χ2v) is 8.65. The fourth-order valence-electron chi connectivity index (χ4n) is 5.65. The molecule has 0 N–H and O–H groups in total. The van der Waals surface area contributed by atoms with E-state index in [1.807, 2.05) is 42.6 Å². The lowest BCUT2D eigenvalue weighted by atomic mass is 9.67. The van der Waals surface area contributed by atoms with Crippen LogP contribution in [0.1, 0.15) is 23.1 Å². The maximum Gasteiger partial charge on any atom is 0.277 e. The SMILES string of the molecule is O=[N+]([O-])c1ccccc1-c1cccc2c1-c1ccccc1C2(C1=CCCN=C1)c1ccccc1. The average Bonchev–Trinajstić information content (AvgIpc) is 3.21. The first-order valence-corrected chi connectivity index (χ1v) is 11.5. The van der Waals surface area contributed by atoms with Gasteiger partial charge in [-0.15, -0.1) is 0 Å². The van der Waals surface area contributed by atoms with Crippen LogP contribution in [-0.2, 0) is 5.41 Å². The van der Waals surface area contributed by atoms with Crippen molar-refractivity contribution >= 4 is 11.9 Å². The molecular formula is C30H22N2O2. The van der Waals surface area contributed by atoms with Crippen molar-refractivity contribution in [3.8, 4) is 22.3 Å². The molecule has 4 aromatic carbocycles. The molecule has 2 aliphatic rings. The lowest BCUT2D eigenvalue weighted by Crippen LogP contribution is -2.31. The Morgan fingerprint density at radius 2 is 1.41 bits per heavy atom. The second kappa shape index (κ2) is 7.92. The molecule has 0 saturated carbocycles. The van der Waals surface area contributed by atoms with E-state index < -0.39 is 5.41 Å². The minimum Gasteiger partial charge on any atom is -0.293 e. The molecule has 1 heterocycles. The highest BCUT2D eigenvalue weighted by Crippen LogP contribution is 2.58. The van der Waals surface area contributed by atoms with Gasteiger partial charge in [0, 0.05) is 18.8 Å². The highest BCUT2D eigenvalue weighted by molar-refractivity contribution is 6.00. The average molecular weight is 443 g/mol. The van der Waals surface area contributed by atoms with Crippen molar-refractivity contribution in [2.24, 2.45) is 4.99 Å². The number of rotatable bonds is 4. The molecule has 0 amide bonds. The number of nitro groups is 1. The van der Waals surface area contributed by atoms with Crippen molar-refractivity contribution < 1.29 is 4.92 Å². The monoisotopic (exact) mass is 442 g/mol. The number of nitrogens with zero attached hydrogens (tertiary/aromatic N) is 2. The van der Waals surface area contributed by atoms with Gasteiger partial charge in [-0.3, -0.25) is 15.1 Å². The molecule has 34 heavy (non-hydrogen) atoms. The molecule has 1 aliphatic carbocycles. The topological polar surface area (TPSA) is 55.5 Å². The van der Waals surface area contributed by atoms with Gasteiger partial charge in [0.25, 0.3) is 5.69 Å². The Kier molecular flexibility index (Phi) is 4.73. The summed E-state index contributed by atoms with van der Waals surface area (Å²) in [7, 11) is 0. The molecule has 0 fully saturated rings. The highest BCUT2D eigenvalue weighted by atomic mass is 16.6. The molecule has 0 aromatic heterocycles. The lowest BCUT2D eigenvalue weighted by molar-refractivity contribution is -0.384. The van der Waals surface area contributed by atoms with E-state index in [1.165, 1.54) is 11.1 Å². The van der Waals surface area contributed by atoms with Gasteiger partial charge >= 0.3 is 0 Å². The van der Waals surface area contributed by atoms with E-state index in [0.29, 0.717) is 5.56 Å². The molecule has 1 unspecified atom stereocenters. The van der Waals surface area contributed by atoms with E-state index in [0.717, 1.165) is 40.8 Å². The zero-order valence-corrected chi connectivity index (χ0v) is 18.5. The first kappa shape index (κ1) is 20.3. The Morgan fingerprint density at radius 1 is 0.735 bits per heavy atom. The predicted molar refractivity (Wildman–Crippen MR) is 136 cm³/mol. The van der Waals surface area contributed by atoms with Crippen LogP contribution in [0.3, 0.4) is 0 Å². The van der Waals surface area contributed by atoms with E-state index in [1.54, 1.807) is 12.1 Å². The Bertz CT molecular complexity index is 1490. The molecule has 0 bridgehead atoms. The van der Waals surface area contributed by atoms with Crippen molar-refractivity contribution in [2.75, 3.05) is 6.54 Å². The predicted octanol–water partition coefficient (Wildman–Crippen LogP) is 6.98. The number of aliphatic imine (C=N–C) groups is 1. The number of benzene rings is 4. The van der Waals surface area contributed by atoms with Crippen molar-refractivity contribution in [3.05, 3.63) is 136 Å². The van der Waals surface area contributed by atoms with Crippen LogP contribution in [0, 0.1) is 10.1 Å². The maximum absolute atomic E-state index is 11.9. The Morgan fingerprint density at radius 3 is 2.18 bits per heavy atom. The molecule has 164 valence electrons. The first-order chi connectivity index (χ1) is 16.7. The Hall–Kier alpha value is -4.31. The normalized spacial score (nSPS) is 18.2. The summed E-state index contributed by atoms with van der Waals surface area (Å²) in [5, 5.41) is 11.9. The largest absolute Gasteiger partial charge is 0.293 e. The number of fused-ring (bicyclic) bond motifs is 3. The van der Waals surface area contributed by atoms with Gasteiger partial charge in [-0.1, -0.05) is 91.0 Å². The highest BCUT2D eigenvalue weighted by Gasteiger charge is 2.48. The minimum absolute atomic E-state index is 0.115. The molecular weight excluding hydrogens is 420 g/mol. The lowest BCUT2D eigenvalue weighted by Gasteiger charge is -2.35. The standard InChI is InChI=1S/C30H22N2O2/c33-32(34)28-18-7-5-13-23(28)24-15-8-17-27-29(24)25-14-4-6-16-26(25)30(27,21-10-2-1-3-11-21)22-12-9-19-31-20-22/h1-8,10-18,20H,9,19H2. The summed E-state index contributed by atoms with van der Waals surface area (Å²) in [6, 6.07) is 32.2. The molecule has 4 nitrogen and oxygen atoms in total. The van der Waals surface area contributed by atoms with Crippen LogP contribution in [0.2, 0.25) is 0 Å². The third kappa shape index (κ3) is 2.82. The zero-order chi connectivity index (χ0) is 23.1. The molecule has 1 atom stereocenters. The third-order valence-electron chi connectivity index (χ3n) is 6.95. The van der Waals surface area contributed by atoms with Gasteiger partial charge in [0.1, 0.15) is 0 Å². The molecule has 0 spiro atoms. The van der Waals surface area contributed by atoms with E-state index >= 15 is 0 Å². The molecule has 0 saturated heterocycles. The summed E-state index contributed by atoms with van der Waals surface area (Å²) >= 11 is 0. The Balaban J connectivity index is 1.76. The number of hydrogen-bond acceptors (Lipinski definition) is 3. The minimum atomic E-state index is -0.531. The fourth-order valence-corrected chi connectivity index (χ4v) is 5.65. The van der Waals surface area contributed by atoms with Crippen LogP contribution in [0.4, 0.5) is 5.69 Å². The summed E-state index contributed by atoms with van der Waals surface area (Å²) in [6.45, 7) is 0.791. The number of dihydropyridines is 1. The van der Waals surface area contributed by atoms with Crippen LogP contribution in [0.25, 0.3) is 22.3 Å². The van der Waals surface area contributed by atoms with Gasteiger partial charge in [0.2, 0.25) is 0 Å². The van der Waals surface area contributed by atoms with Gasteiger partial charge < -0.3 is 0 Å². The van der Waals surface area contributed by atoms with Gasteiger partial charge in [-0.05, 0) is 51.4 Å². The number of hydrogen-bond donors (Lipinski definition) is 0. The molecule has 0 radical (unpaired) electrons. The smallest absolute Gasteiger partial charge is 0.277 e. The van der Waals surface area contributed by atoms with Crippen molar-refractivity contribution in [1.82, 2.24) is 0 Å².